The predicted octanol–water partition coefficient (Wildman–Crippen LogP) is 1.20. The van der Waals surface area contributed by atoms with Crippen molar-refractivity contribution in [2.45, 2.75) is 13.8 Å². The lowest BCUT2D eigenvalue weighted by Gasteiger charge is -2.04. The fraction of sp³-hybridized carbons (Fsp3) is 0.200. The molecule has 1 heterocycles. The van der Waals surface area contributed by atoms with Crippen molar-refractivity contribution in [2.24, 2.45) is 0 Å². The van der Waals surface area contributed by atoms with Crippen LogP contribution in [-0.4, -0.2) is 17.2 Å². The minimum atomic E-state index is -1.38. The van der Waals surface area contributed by atoms with Gasteiger partial charge in [0.2, 0.25) is 0 Å². The number of thiophene rings is 1. The highest BCUT2D eigenvalue weighted by atomic mass is 32.1. The fourth-order valence-corrected chi connectivity index (χ4v) is 2.66. The average Bonchev–Trinajstić information content (AvgIpc) is 2.46. The quantitative estimate of drug-likeness (QED) is 0.688. The van der Waals surface area contributed by atoms with E-state index in [1.165, 1.54) is 9.58 Å². The van der Waals surface area contributed by atoms with Gasteiger partial charge in [-0.1, -0.05) is 6.07 Å². The molecule has 0 unspecified atom stereocenters. The van der Waals surface area contributed by atoms with Crippen LogP contribution in [0.2, 0.25) is 0 Å². The van der Waals surface area contributed by atoms with Crippen LogP contribution in [0.5, 0.6) is 0 Å². The Kier molecular flexibility index (Phi) is 2.35. The number of hydrogen-bond donors (Lipinski definition) is 2. The second-order valence-electron chi connectivity index (χ2n) is 3.42. The van der Waals surface area contributed by atoms with Crippen molar-refractivity contribution in [3.63, 3.8) is 0 Å². The third-order valence-corrected chi connectivity index (χ3v) is 3.43. The van der Waals surface area contributed by atoms with E-state index in [-0.39, 0.29) is 0 Å². The molecule has 0 amide bonds. The summed E-state index contributed by atoms with van der Waals surface area (Å²) in [7, 11) is -1.38. The monoisotopic (exact) mass is 206 g/mol. The third-order valence-electron chi connectivity index (χ3n) is 2.41. The molecule has 2 N–H and O–H groups in total. The molecule has 0 spiro atoms. The van der Waals surface area contributed by atoms with E-state index in [2.05, 4.69) is 13.0 Å². The number of hydrogen-bond acceptors (Lipinski definition) is 3. The second-order valence-corrected chi connectivity index (χ2v) is 4.71. The SMILES string of the molecule is Cc1cc2c(C)c(B(O)O)ccc2s1. The molecule has 0 bridgehead atoms. The first-order valence-electron chi connectivity index (χ1n) is 4.45. The van der Waals surface area contributed by atoms with E-state index in [1.807, 2.05) is 13.0 Å². The maximum atomic E-state index is 9.13. The summed E-state index contributed by atoms with van der Waals surface area (Å²) in [5.74, 6) is 0. The summed E-state index contributed by atoms with van der Waals surface area (Å²) in [6.07, 6.45) is 0. The van der Waals surface area contributed by atoms with Gasteiger partial charge in [0.1, 0.15) is 0 Å². The van der Waals surface area contributed by atoms with Crippen molar-refractivity contribution >= 4 is 34.0 Å². The standard InChI is InChI=1S/C10H11BO2S/c1-6-5-8-7(2)9(11(12)13)3-4-10(8)14-6/h3-5,12-13H,1-2H3. The van der Waals surface area contributed by atoms with E-state index in [4.69, 9.17) is 10.0 Å². The molecule has 0 atom stereocenters. The molecule has 1 aromatic carbocycles. The van der Waals surface area contributed by atoms with E-state index < -0.39 is 7.12 Å². The van der Waals surface area contributed by atoms with Gasteiger partial charge < -0.3 is 10.0 Å². The lowest BCUT2D eigenvalue weighted by Crippen LogP contribution is -2.31. The number of aryl methyl sites for hydroxylation is 2. The maximum Gasteiger partial charge on any atom is 0.488 e. The van der Waals surface area contributed by atoms with E-state index >= 15 is 0 Å². The van der Waals surface area contributed by atoms with Crippen LogP contribution in [0.3, 0.4) is 0 Å². The summed E-state index contributed by atoms with van der Waals surface area (Å²) in [6.45, 7) is 3.97. The van der Waals surface area contributed by atoms with Gasteiger partial charge in [-0.05, 0) is 42.4 Å². The highest BCUT2D eigenvalue weighted by Crippen LogP contribution is 2.26. The minimum absolute atomic E-state index is 0.593. The van der Waals surface area contributed by atoms with Crippen LogP contribution in [0.4, 0.5) is 0 Å². The van der Waals surface area contributed by atoms with Crippen molar-refractivity contribution in [2.75, 3.05) is 0 Å². The van der Waals surface area contributed by atoms with Crippen LogP contribution in [0.25, 0.3) is 10.1 Å². The first-order valence-corrected chi connectivity index (χ1v) is 5.27. The minimum Gasteiger partial charge on any atom is -0.423 e. The first kappa shape index (κ1) is 9.71. The lowest BCUT2D eigenvalue weighted by atomic mass is 9.76. The summed E-state index contributed by atoms with van der Waals surface area (Å²) in [5.41, 5.74) is 1.55. The van der Waals surface area contributed by atoms with Gasteiger partial charge in [0.25, 0.3) is 0 Å². The topological polar surface area (TPSA) is 40.5 Å². The molecule has 0 fully saturated rings. The van der Waals surface area contributed by atoms with E-state index in [0.29, 0.717) is 5.46 Å². The molecule has 72 valence electrons. The van der Waals surface area contributed by atoms with Crippen molar-refractivity contribution in [1.82, 2.24) is 0 Å². The Morgan fingerprint density at radius 3 is 2.57 bits per heavy atom. The van der Waals surface area contributed by atoms with Crippen LogP contribution in [0.15, 0.2) is 18.2 Å². The van der Waals surface area contributed by atoms with E-state index in [0.717, 1.165) is 10.9 Å². The summed E-state index contributed by atoms with van der Waals surface area (Å²) in [4.78, 5) is 1.24. The molecular weight excluding hydrogens is 195 g/mol. The molecule has 0 saturated heterocycles. The smallest absolute Gasteiger partial charge is 0.423 e. The van der Waals surface area contributed by atoms with Crippen LogP contribution >= 0.6 is 11.3 Å². The van der Waals surface area contributed by atoms with Crippen molar-refractivity contribution in [3.8, 4) is 0 Å². The normalized spacial score (nSPS) is 10.9. The van der Waals surface area contributed by atoms with Crippen LogP contribution < -0.4 is 5.46 Å². The molecule has 0 aliphatic heterocycles. The summed E-state index contributed by atoms with van der Waals surface area (Å²) < 4.78 is 1.20. The molecule has 0 saturated carbocycles. The van der Waals surface area contributed by atoms with E-state index in [9.17, 15) is 0 Å². The van der Waals surface area contributed by atoms with E-state index in [1.54, 1.807) is 17.4 Å². The fourth-order valence-electron chi connectivity index (χ4n) is 1.67. The highest BCUT2D eigenvalue weighted by molar-refractivity contribution is 7.19. The zero-order chi connectivity index (χ0) is 10.3. The maximum absolute atomic E-state index is 9.13. The van der Waals surface area contributed by atoms with Crippen molar-refractivity contribution in [3.05, 3.63) is 28.6 Å². The Hall–Kier alpha value is -0.835. The Bertz CT molecular complexity index is 476. The van der Waals surface area contributed by atoms with Gasteiger partial charge in [-0.2, -0.15) is 0 Å². The van der Waals surface area contributed by atoms with Gasteiger partial charge in [-0.3, -0.25) is 0 Å². The van der Waals surface area contributed by atoms with Gasteiger partial charge in [0, 0.05) is 9.58 Å². The summed E-state index contributed by atoms with van der Waals surface area (Å²) in [5, 5.41) is 19.4. The molecule has 2 rings (SSSR count). The van der Waals surface area contributed by atoms with Crippen LogP contribution in [-0.2, 0) is 0 Å². The largest absolute Gasteiger partial charge is 0.488 e. The lowest BCUT2D eigenvalue weighted by molar-refractivity contribution is 0.425. The highest BCUT2D eigenvalue weighted by Gasteiger charge is 2.15. The molecule has 0 aliphatic rings. The zero-order valence-electron chi connectivity index (χ0n) is 8.11. The Morgan fingerprint density at radius 1 is 1.21 bits per heavy atom. The Labute approximate surface area is 87.0 Å². The molecule has 14 heavy (non-hydrogen) atoms. The predicted molar refractivity (Wildman–Crippen MR) is 61.1 cm³/mol. The van der Waals surface area contributed by atoms with Gasteiger partial charge >= 0.3 is 7.12 Å². The molecule has 2 aromatic rings. The van der Waals surface area contributed by atoms with Crippen LogP contribution in [0.1, 0.15) is 10.4 Å². The number of benzene rings is 1. The second kappa shape index (κ2) is 3.39. The van der Waals surface area contributed by atoms with Crippen molar-refractivity contribution < 1.29 is 10.0 Å². The molecule has 2 nitrogen and oxygen atoms in total. The van der Waals surface area contributed by atoms with Gasteiger partial charge in [-0.25, -0.2) is 0 Å². The van der Waals surface area contributed by atoms with Crippen molar-refractivity contribution in [1.29, 1.82) is 0 Å². The molecule has 0 aliphatic carbocycles. The number of fused-ring (bicyclic) bond motifs is 1. The third kappa shape index (κ3) is 1.45. The summed E-state index contributed by atoms with van der Waals surface area (Å²) in [6, 6.07) is 5.80. The van der Waals surface area contributed by atoms with Gasteiger partial charge in [-0.15, -0.1) is 11.3 Å². The summed E-state index contributed by atoms with van der Waals surface area (Å²) >= 11 is 1.72. The Balaban J connectivity index is 2.74. The first-order chi connectivity index (χ1) is 6.59. The molecular formula is C10H11BO2S. The molecule has 0 radical (unpaired) electrons. The Morgan fingerprint density at radius 2 is 1.93 bits per heavy atom. The zero-order valence-corrected chi connectivity index (χ0v) is 8.93. The number of rotatable bonds is 1. The molecule has 1 aromatic heterocycles. The van der Waals surface area contributed by atoms with Gasteiger partial charge in [0.15, 0.2) is 0 Å². The van der Waals surface area contributed by atoms with Gasteiger partial charge in [0.05, 0.1) is 0 Å². The van der Waals surface area contributed by atoms with Crippen LogP contribution in [0, 0.1) is 13.8 Å². The average molecular weight is 206 g/mol. The molecule has 4 heteroatoms.